The van der Waals surface area contributed by atoms with E-state index in [0.29, 0.717) is 28.9 Å². The summed E-state index contributed by atoms with van der Waals surface area (Å²) in [6, 6.07) is 55.4. The van der Waals surface area contributed by atoms with E-state index in [1.807, 2.05) is 97.1 Å². The molecule has 0 aliphatic rings. The predicted octanol–water partition coefficient (Wildman–Crippen LogP) is 11.6. The topological polar surface area (TPSA) is 95.7 Å². The largest absolute Gasteiger partial charge is 0.443 e. The number of aromatic nitrogens is 6. The van der Waals surface area contributed by atoms with Crippen LogP contribution in [-0.2, 0) is 0 Å². The second kappa shape index (κ2) is 12.5. The van der Waals surface area contributed by atoms with Gasteiger partial charge in [-0.3, -0.25) is 0 Å². The number of oxazole rings is 2. The van der Waals surface area contributed by atoms with Gasteiger partial charge < -0.3 is 13.4 Å². The van der Waals surface area contributed by atoms with Crippen molar-refractivity contribution < 1.29 is 8.83 Å². The van der Waals surface area contributed by atoms with Crippen LogP contribution in [0.4, 0.5) is 0 Å². The Morgan fingerprint density at radius 2 is 1.05 bits per heavy atom. The molecule has 55 heavy (non-hydrogen) atoms. The predicted molar refractivity (Wildman–Crippen MR) is 216 cm³/mol. The molecule has 0 aliphatic carbocycles. The van der Waals surface area contributed by atoms with Crippen LogP contribution in [0.25, 0.3) is 106 Å². The second-order valence-corrected chi connectivity index (χ2v) is 13.4. The molecule has 8 nitrogen and oxygen atoms in total. The molecule has 4 aromatic heterocycles. The second-order valence-electron chi connectivity index (χ2n) is 13.4. The van der Waals surface area contributed by atoms with Gasteiger partial charge >= 0.3 is 0 Å². The molecule has 258 valence electrons. The summed E-state index contributed by atoms with van der Waals surface area (Å²) in [5, 5.41) is 2.34. The maximum atomic E-state index is 6.44. The van der Waals surface area contributed by atoms with Gasteiger partial charge in [-0.25, -0.2) is 24.9 Å². The molecule has 7 aromatic carbocycles. The normalized spacial score (nSPS) is 11.6. The van der Waals surface area contributed by atoms with E-state index in [2.05, 4.69) is 76.3 Å². The number of fused-ring (bicyclic) bond motifs is 5. The lowest BCUT2D eigenvalue weighted by atomic mass is 10.0. The van der Waals surface area contributed by atoms with Gasteiger partial charge in [0.25, 0.3) is 0 Å². The van der Waals surface area contributed by atoms with Crippen molar-refractivity contribution in [2.45, 2.75) is 0 Å². The standard InChI is InChI=1S/C47H28N6O2/c1-3-10-29(11-4-1)44-50-45(30-12-5-2-6-13-30)52-46(51-44)33-18-21-38-43(26-33)55-47(49-38)34-15-9-14-31(24-34)32-19-22-41-37(25-32)36-16-7-8-17-40(36)53(41)35-20-23-42-39(27-35)48-28-54-42/h1-28H. The average molecular weight is 709 g/mol. The molecule has 0 amide bonds. The minimum absolute atomic E-state index is 0.542. The first-order valence-electron chi connectivity index (χ1n) is 18.0. The lowest BCUT2D eigenvalue weighted by Gasteiger charge is -2.08. The number of benzene rings is 7. The molecule has 0 N–H and O–H groups in total. The van der Waals surface area contributed by atoms with Crippen molar-refractivity contribution >= 4 is 44.0 Å². The summed E-state index contributed by atoms with van der Waals surface area (Å²) in [7, 11) is 0. The maximum absolute atomic E-state index is 6.44. The number of para-hydroxylation sites is 1. The highest BCUT2D eigenvalue weighted by Crippen LogP contribution is 2.37. The van der Waals surface area contributed by atoms with E-state index in [1.54, 1.807) is 0 Å². The molecule has 0 fully saturated rings. The zero-order valence-corrected chi connectivity index (χ0v) is 29.2. The van der Waals surface area contributed by atoms with Gasteiger partial charge in [0.15, 0.2) is 35.0 Å². The quantitative estimate of drug-likeness (QED) is 0.170. The first kappa shape index (κ1) is 30.9. The fourth-order valence-electron chi connectivity index (χ4n) is 7.37. The van der Waals surface area contributed by atoms with Crippen molar-refractivity contribution in [2.24, 2.45) is 0 Å². The van der Waals surface area contributed by atoms with Crippen LogP contribution in [0.5, 0.6) is 0 Å². The first-order valence-corrected chi connectivity index (χ1v) is 18.0. The number of nitrogens with zero attached hydrogens (tertiary/aromatic N) is 6. The van der Waals surface area contributed by atoms with Gasteiger partial charge in [-0.05, 0) is 77.9 Å². The Hall–Kier alpha value is -7.71. The summed E-state index contributed by atoms with van der Waals surface area (Å²) in [5.41, 5.74) is 12.0. The number of hydrogen-bond acceptors (Lipinski definition) is 7. The number of hydrogen-bond donors (Lipinski definition) is 0. The van der Waals surface area contributed by atoms with Crippen LogP contribution in [0.2, 0.25) is 0 Å². The van der Waals surface area contributed by atoms with E-state index in [-0.39, 0.29) is 0 Å². The maximum Gasteiger partial charge on any atom is 0.227 e. The molecule has 0 saturated heterocycles. The Morgan fingerprint density at radius 1 is 0.400 bits per heavy atom. The van der Waals surface area contributed by atoms with Crippen LogP contribution in [-0.4, -0.2) is 29.5 Å². The average Bonchev–Trinajstić information content (AvgIpc) is 3.99. The van der Waals surface area contributed by atoms with E-state index in [0.717, 1.165) is 72.1 Å². The first-order chi connectivity index (χ1) is 27.2. The Morgan fingerprint density at radius 3 is 1.85 bits per heavy atom. The molecule has 11 rings (SSSR count). The lowest BCUT2D eigenvalue weighted by molar-refractivity contribution is 0.602. The van der Waals surface area contributed by atoms with E-state index in [4.69, 9.17) is 28.8 Å². The highest BCUT2D eigenvalue weighted by molar-refractivity contribution is 6.10. The van der Waals surface area contributed by atoms with Gasteiger partial charge in [0.05, 0.1) is 11.0 Å². The molecule has 0 bridgehead atoms. The van der Waals surface area contributed by atoms with Gasteiger partial charge in [-0.2, -0.15) is 0 Å². The zero-order chi connectivity index (χ0) is 36.3. The molecule has 0 atom stereocenters. The Labute approximate surface area is 314 Å². The fourth-order valence-corrected chi connectivity index (χ4v) is 7.37. The lowest BCUT2D eigenvalue weighted by Crippen LogP contribution is -2.00. The van der Waals surface area contributed by atoms with Crippen molar-refractivity contribution in [3.05, 3.63) is 170 Å². The van der Waals surface area contributed by atoms with Crippen molar-refractivity contribution in [1.29, 1.82) is 0 Å². The molecule has 0 spiro atoms. The summed E-state index contributed by atoms with van der Waals surface area (Å²) in [6.07, 6.45) is 1.49. The van der Waals surface area contributed by atoms with Gasteiger partial charge in [-0.15, -0.1) is 0 Å². The molecule has 0 radical (unpaired) electrons. The molecule has 0 unspecified atom stereocenters. The third-order valence-corrected chi connectivity index (χ3v) is 10.0. The van der Waals surface area contributed by atoms with Gasteiger partial charge in [0, 0.05) is 38.7 Å². The van der Waals surface area contributed by atoms with Gasteiger partial charge in [0.2, 0.25) is 5.89 Å². The Kier molecular flexibility index (Phi) is 6.99. The SMILES string of the molecule is c1ccc(-c2nc(-c3ccccc3)nc(-c3ccc4nc(-c5cccc(-c6ccc7c(c6)c6ccccc6n7-c6ccc7ocnc7c6)c5)oc4c3)n2)cc1. The summed E-state index contributed by atoms with van der Waals surface area (Å²) < 4.78 is 14.2. The molecule has 4 heterocycles. The minimum atomic E-state index is 0.542. The van der Waals surface area contributed by atoms with E-state index < -0.39 is 0 Å². The van der Waals surface area contributed by atoms with Crippen LogP contribution >= 0.6 is 0 Å². The summed E-state index contributed by atoms with van der Waals surface area (Å²) in [4.78, 5) is 23.9. The summed E-state index contributed by atoms with van der Waals surface area (Å²) in [6.45, 7) is 0. The van der Waals surface area contributed by atoms with Crippen molar-refractivity contribution in [1.82, 2.24) is 29.5 Å². The fraction of sp³-hybridized carbons (Fsp3) is 0. The highest BCUT2D eigenvalue weighted by atomic mass is 16.3. The molecular weight excluding hydrogens is 681 g/mol. The van der Waals surface area contributed by atoms with Crippen LogP contribution < -0.4 is 0 Å². The van der Waals surface area contributed by atoms with Crippen LogP contribution in [0.1, 0.15) is 0 Å². The minimum Gasteiger partial charge on any atom is -0.443 e. The van der Waals surface area contributed by atoms with Crippen LogP contribution in [0.3, 0.4) is 0 Å². The van der Waals surface area contributed by atoms with E-state index in [1.165, 1.54) is 11.8 Å². The third kappa shape index (κ3) is 5.35. The molecular formula is C47H28N6O2. The molecule has 8 heteroatoms. The summed E-state index contributed by atoms with van der Waals surface area (Å²) >= 11 is 0. The van der Waals surface area contributed by atoms with Crippen molar-refractivity contribution in [2.75, 3.05) is 0 Å². The van der Waals surface area contributed by atoms with Crippen LogP contribution in [0, 0.1) is 0 Å². The van der Waals surface area contributed by atoms with Crippen molar-refractivity contribution in [3.8, 4) is 62.4 Å². The summed E-state index contributed by atoms with van der Waals surface area (Å²) in [5.74, 6) is 2.32. The Balaban J connectivity index is 0.966. The van der Waals surface area contributed by atoms with Crippen molar-refractivity contribution in [3.63, 3.8) is 0 Å². The third-order valence-electron chi connectivity index (χ3n) is 10.0. The highest BCUT2D eigenvalue weighted by Gasteiger charge is 2.17. The smallest absolute Gasteiger partial charge is 0.227 e. The van der Waals surface area contributed by atoms with E-state index >= 15 is 0 Å². The monoisotopic (exact) mass is 708 g/mol. The van der Waals surface area contributed by atoms with Gasteiger partial charge in [0.1, 0.15) is 11.0 Å². The molecule has 0 aliphatic heterocycles. The molecule has 11 aromatic rings. The van der Waals surface area contributed by atoms with E-state index in [9.17, 15) is 0 Å². The van der Waals surface area contributed by atoms with Gasteiger partial charge in [-0.1, -0.05) is 97.1 Å². The zero-order valence-electron chi connectivity index (χ0n) is 29.2. The van der Waals surface area contributed by atoms with Crippen LogP contribution in [0.15, 0.2) is 179 Å². The molecule has 0 saturated carbocycles. The Bertz CT molecular complexity index is 3160. The number of rotatable bonds is 6.